The van der Waals surface area contributed by atoms with Crippen LogP contribution in [0.1, 0.15) is 68.4 Å². The number of methoxy groups -OCH3 is 1. The lowest BCUT2D eigenvalue weighted by Crippen LogP contribution is -2.82. The molecule has 2 aromatic carbocycles. The summed E-state index contributed by atoms with van der Waals surface area (Å²) in [5.74, 6) is 1.79. The van der Waals surface area contributed by atoms with Crippen molar-refractivity contribution >= 4 is 5.91 Å². The number of amides is 1. The molecule has 1 amide bonds. The number of ether oxygens (including phenoxy) is 2. The van der Waals surface area contributed by atoms with Gasteiger partial charge in [0.15, 0.2) is 11.5 Å². The van der Waals surface area contributed by atoms with Crippen molar-refractivity contribution in [3.63, 3.8) is 0 Å². The number of quaternary nitrogens is 1. The second-order valence-electron chi connectivity index (χ2n) is 11.6. The summed E-state index contributed by atoms with van der Waals surface area (Å²) in [5.41, 5.74) is 1.39. The van der Waals surface area contributed by atoms with Gasteiger partial charge in [0.1, 0.15) is 11.7 Å². The Morgan fingerprint density at radius 2 is 1.92 bits per heavy atom. The highest BCUT2D eigenvalue weighted by molar-refractivity contribution is 5.82. The molecule has 4 aliphatic rings. The number of benzene rings is 2. The Bertz CT molecular complexity index is 1120. The second kappa shape index (κ2) is 10.3. The third-order valence-electron chi connectivity index (χ3n) is 9.85. The van der Waals surface area contributed by atoms with Gasteiger partial charge in [-0.2, -0.15) is 0 Å². The van der Waals surface area contributed by atoms with Crippen molar-refractivity contribution in [2.24, 2.45) is 11.8 Å². The van der Waals surface area contributed by atoms with E-state index in [0.29, 0.717) is 55.0 Å². The lowest BCUT2D eigenvalue weighted by atomic mass is 9.67. The molecule has 3 aliphatic heterocycles. The molecule has 3 fully saturated rings. The molecule has 2 N–H and O–H groups in total. The third kappa shape index (κ3) is 4.31. The quantitative estimate of drug-likeness (QED) is 0.667. The number of piperidine rings is 1. The molecule has 2 saturated heterocycles. The number of halogens is 1. The van der Waals surface area contributed by atoms with E-state index in [4.69, 9.17) is 9.47 Å². The van der Waals surface area contributed by atoms with E-state index < -0.39 is 5.41 Å². The van der Waals surface area contributed by atoms with Crippen molar-refractivity contribution in [1.29, 1.82) is 0 Å². The second-order valence-corrected chi connectivity index (χ2v) is 11.6. The lowest BCUT2D eigenvalue weighted by Gasteiger charge is -2.47. The average Bonchev–Trinajstić information content (AvgIpc) is 3.37. The summed E-state index contributed by atoms with van der Waals surface area (Å²) in [4.78, 5) is 16.8. The van der Waals surface area contributed by atoms with Crippen LogP contribution in [-0.4, -0.2) is 50.2 Å². The minimum atomic E-state index is -0.559. The first-order valence-corrected chi connectivity index (χ1v) is 14.3. The van der Waals surface area contributed by atoms with E-state index in [2.05, 4.69) is 40.5 Å². The number of fused-ring (bicyclic) bond motifs is 2. The minimum absolute atomic E-state index is 0.228. The summed E-state index contributed by atoms with van der Waals surface area (Å²) in [7, 11) is 1.59. The van der Waals surface area contributed by atoms with Gasteiger partial charge in [0.05, 0.1) is 32.2 Å². The fourth-order valence-corrected chi connectivity index (χ4v) is 8.00. The maximum absolute atomic E-state index is 15.5. The van der Waals surface area contributed by atoms with E-state index in [1.165, 1.54) is 43.7 Å². The molecule has 37 heavy (non-hydrogen) atoms. The summed E-state index contributed by atoms with van der Waals surface area (Å²) in [5, 5.41) is 2.21. The summed E-state index contributed by atoms with van der Waals surface area (Å²) in [6.07, 6.45) is 8.92. The maximum atomic E-state index is 15.5. The van der Waals surface area contributed by atoms with Gasteiger partial charge in [-0.05, 0) is 61.6 Å². The minimum Gasteiger partial charge on any atom is -0.493 e. The fraction of sp³-hybridized carbons (Fsp3) is 0.581. The Morgan fingerprint density at radius 3 is 2.70 bits per heavy atom. The van der Waals surface area contributed by atoms with Crippen molar-refractivity contribution in [1.82, 2.24) is 4.90 Å². The summed E-state index contributed by atoms with van der Waals surface area (Å²) >= 11 is 0. The first-order valence-electron chi connectivity index (χ1n) is 14.3. The van der Waals surface area contributed by atoms with Crippen LogP contribution in [0.4, 0.5) is 4.39 Å². The zero-order valence-electron chi connectivity index (χ0n) is 22.0. The third-order valence-corrected chi connectivity index (χ3v) is 9.85. The molecule has 2 aromatic rings. The molecule has 6 heteroatoms. The molecular weight excluding hydrogens is 467 g/mol. The van der Waals surface area contributed by atoms with Gasteiger partial charge in [0, 0.05) is 18.2 Å². The van der Waals surface area contributed by atoms with Gasteiger partial charge in [-0.1, -0.05) is 49.6 Å². The van der Waals surface area contributed by atoms with Crippen molar-refractivity contribution in [3.8, 4) is 11.5 Å². The lowest BCUT2D eigenvalue weighted by molar-refractivity contribution is -0.640. The Hall–Kier alpha value is -2.60. The summed E-state index contributed by atoms with van der Waals surface area (Å²) in [6, 6.07) is 14.2. The number of likely N-dealkylation sites (tertiary alicyclic amines) is 1. The first-order chi connectivity index (χ1) is 18.1. The molecule has 0 aromatic heterocycles. The molecule has 0 bridgehead atoms. The van der Waals surface area contributed by atoms with Crippen LogP contribution in [0.5, 0.6) is 11.5 Å². The number of carbonyl (C=O) groups excluding carboxylic acids is 1. The molecule has 198 valence electrons. The molecule has 1 aliphatic carbocycles. The Labute approximate surface area is 219 Å². The molecule has 6 rings (SSSR count). The molecule has 0 radical (unpaired) electrons. The molecule has 1 saturated carbocycles. The van der Waals surface area contributed by atoms with E-state index in [1.807, 2.05) is 0 Å². The van der Waals surface area contributed by atoms with E-state index in [0.717, 1.165) is 19.4 Å². The van der Waals surface area contributed by atoms with Crippen LogP contribution in [-0.2, 0) is 10.2 Å². The first kappa shape index (κ1) is 24.7. The highest BCUT2D eigenvalue weighted by Gasteiger charge is 2.57. The van der Waals surface area contributed by atoms with Gasteiger partial charge in [0.2, 0.25) is 5.91 Å². The van der Waals surface area contributed by atoms with Crippen LogP contribution in [0.25, 0.3) is 0 Å². The Kier molecular flexibility index (Phi) is 6.87. The van der Waals surface area contributed by atoms with Gasteiger partial charge >= 0.3 is 0 Å². The van der Waals surface area contributed by atoms with Crippen LogP contribution in [0.15, 0.2) is 42.5 Å². The van der Waals surface area contributed by atoms with Crippen molar-refractivity contribution < 1.29 is 24.0 Å². The van der Waals surface area contributed by atoms with Crippen molar-refractivity contribution in [3.05, 3.63) is 59.4 Å². The Balaban J connectivity index is 1.33. The van der Waals surface area contributed by atoms with Crippen LogP contribution in [0.3, 0.4) is 0 Å². The monoisotopic (exact) mass is 507 g/mol. The zero-order valence-corrected chi connectivity index (χ0v) is 22.0. The van der Waals surface area contributed by atoms with Crippen LogP contribution < -0.4 is 14.8 Å². The topological polar surface area (TPSA) is 55.4 Å². The average molecular weight is 508 g/mol. The van der Waals surface area contributed by atoms with E-state index in [-0.39, 0.29) is 23.7 Å². The van der Waals surface area contributed by atoms with Crippen LogP contribution in [0.2, 0.25) is 0 Å². The Morgan fingerprint density at radius 1 is 1.11 bits per heavy atom. The summed E-state index contributed by atoms with van der Waals surface area (Å²) < 4.78 is 27.0. The molecule has 0 unspecified atom stereocenters. The standard InChI is InChI=1S/C31H39FN2O3/c1-36-27-13-12-25(32)28-29(27)37-17-15-31(28)20-33-19-24(31)30(35)34-16-14-23(21-8-4-2-5-9-21)18-26(34)22-10-6-3-7-11-22/h2,4-5,8-9,12-13,22-24,26,33H,3,6-7,10-11,14-20H2,1H3/p+1/t23-,24+,26+,31-/m1/s1. The van der Waals surface area contributed by atoms with Gasteiger partial charge in [-0.15, -0.1) is 0 Å². The van der Waals surface area contributed by atoms with Crippen LogP contribution >= 0.6 is 0 Å². The predicted molar refractivity (Wildman–Crippen MR) is 140 cm³/mol. The number of carbonyl (C=O) groups is 1. The fourth-order valence-electron chi connectivity index (χ4n) is 8.00. The van der Waals surface area contributed by atoms with Gasteiger partial charge in [-0.25, -0.2) is 4.39 Å². The highest BCUT2D eigenvalue weighted by Crippen LogP contribution is 2.50. The smallest absolute Gasteiger partial charge is 0.232 e. The maximum Gasteiger partial charge on any atom is 0.232 e. The van der Waals surface area contributed by atoms with E-state index in [9.17, 15) is 4.79 Å². The number of hydrogen-bond donors (Lipinski definition) is 1. The number of nitrogens with zero attached hydrogens (tertiary/aromatic N) is 1. The normalized spacial score (nSPS) is 30.1. The van der Waals surface area contributed by atoms with Crippen molar-refractivity contribution in [2.75, 3.05) is 33.4 Å². The van der Waals surface area contributed by atoms with Crippen molar-refractivity contribution in [2.45, 2.75) is 68.7 Å². The zero-order chi connectivity index (χ0) is 25.4. The van der Waals surface area contributed by atoms with E-state index >= 15 is 4.39 Å². The summed E-state index contributed by atoms with van der Waals surface area (Å²) in [6.45, 7) is 2.67. The number of rotatable bonds is 4. The predicted octanol–water partition coefficient (Wildman–Crippen LogP) is 4.40. The largest absolute Gasteiger partial charge is 0.493 e. The molecular formula is C31H40FN2O3+. The van der Waals surface area contributed by atoms with Crippen LogP contribution in [0, 0.1) is 17.7 Å². The SMILES string of the molecule is COc1ccc(F)c2c1OCC[C@]21C[NH2+]C[C@H]1C(=O)N1CC[C@@H](c2ccccc2)C[C@H]1C1CCCCC1. The highest BCUT2D eigenvalue weighted by atomic mass is 19.1. The number of nitrogens with two attached hydrogens (primary N) is 1. The van der Waals surface area contributed by atoms with Gasteiger partial charge < -0.3 is 19.7 Å². The molecule has 1 spiro atoms. The molecule has 4 atom stereocenters. The van der Waals surface area contributed by atoms with Gasteiger partial charge in [-0.3, -0.25) is 4.79 Å². The molecule has 3 heterocycles. The van der Waals surface area contributed by atoms with E-state index in [1.54, 1.807) is 13.2 Å². The van der Waals surface area contributed by atoms with Gasteiger partial charge in [0.25, 0.3) is 0 Å². The number of hydrogen-bond acceptors (Lipinski definition) is 3. The molecule has 5 nitrogen and oxygen atoms in total.